The van der Waals surface area contributed by atoms with Gasteiger partial charge >= 0.3 is 0 Å². The summed E-state index contributed by atoms with van der Waals surface area (Å²) in [6.45, 7) is -0.0843. The average Bonchev–Trinajstić information content (AvgIpc) is 2.55. The Morgan fingerprint density at radius 2 is 1.59 bits per heavy atom. The van der Waals surface area contributed by atoms with Gasteiger partial charge in [0.05, 0.1) is 0 Å². The zero-order valence-electron chi connectivity index (χ0n) is 12.0. The predicted octanol–water partition coefficient (Wildman–Crippen LogP) is 2.58. The first-order valence-corrected chi connectivity index (χ1v) is 6.73. The smallest absolute Gasteiger partial charge is 0.258 e. The van der Waals surface area contributed by atoms with Crippen molar-refractivity contribution >= 4 is 17.4 Å². The third-order valence-electron chi connectivity index (χ3n) is 3.19. The Balaban J connectivity index is 2.11. The molecule has 0 aliphatic heterocycles. The van der Waals surface area contributed by atoms with Crippen LogP contribution in [-0.2, 0) is 4.79 Å². The van der Waals surface area contributed by atoms with Crippen molar-refractivity contribution in [2.75, 3.05) is 12.0 Å². The van der Waals surface area contributed by atoms with Crippen LogP contribution < -0.4 is 5.32 Å². The topological polar surface area (TPSA) is 66.4 Å². The van der Waals surface area contributed by atoms with E-state index in [0.29, 0.717) is 16.8 Å². The van der Waals surface area contributed by atoms with E-state index >= 15 is 0 Å². The number of hydrogen-bond donors (Lipinski definition) is 2. The van der Waals surface area contributed by atoms with Crippen LogP contribution in [0.4, 0.5) is 10.1 Å². The molecule has 2 aromatic rings. The largest absolute Gasteiger partial charge is 0.378 e. The predicted molar refractivity (Wildman–Crippen MR) is 81.5 cm³/mol. The second kappa shape index (κ2) is 6.49. The van der Waals surface area contributed by atoms with Crippen molar-refractivity contribution in [2.24, 2.45) is 0 Å². The van der Waals surface area contributed by atoms with E-state index in [2.05, 4.69) is 5.32 Å². The van der Waals surface area contributed by atoms with Gasteiger partial charge in [-0.3, -0.25) is 9.59 Å². The number of halogens is 1. The van der Waals surface area contributed by atoms with Gasteiger partial charge in [-0.1, -0.05) is 30.3 Å². The number of hydrogen-bond acceptors (Lipinski definition) is 3. The minimum atomic E-state index is -2.07. The van der Waals surface area contributed by atoms with Crippen molar-refractivity contribution in [1.29, 1.82) is 0 Å². The standard InChI is InChI=1S/C17H16FNO3/c1-17(22,11-18)16(21)19-14-9-7-13(8-10-14)15(20)12-5-3-2-4-6-12/h2-10,22H,11H2,1H3,(H,19,21). The monoisotopic (exact) mass is 301 g/mol. The molecule has 1 atom stereocenters. The first kappa shape index (κ1) is 15.9. The van der Waals surface area contributed by atoms with E-state index in [1.165, 1.54) is 12.1 Å². The SMILES string of the molecule is CC(O)(CF)C(=O)Nc1ccc(C(=O)c2ccccc2)cc1. The molecule has 1 amide bonds. The Kier molecular flexibility index (Phi) is 4.68. The first-order chi connectivity index (χ1) is 10.4. The zero-order chi connectivity index (χ0) is 16.2. The van der Waals surface area contributed by atoms with Gasteiger partial charge in [-0.05, 0) is 31.2 Å². The molecule has 22 heavy (non-hydrogen) atoms. The van der Waals surface area contributed by atoms with Crippen LogP contribution in [0.25, 0.3) is 0 Å². The summed E-state index contributed by atoms with van der Waals surface area (Å²) >= 11 is 0. The van der Waals surface area contributed by atoms with Crippen LogP contribution in [0.1, 0.15) is 22.8 Å². The molecular weight excluding hydrogens is 285 g/mol. The Hall–Kier alpha value is -2.53. The number of aliphatic hydroxyl groups is 1. The minimum absolute atomic E-state index is 0.130. The summed E-state index contributed by atoms with van der Waals surface area (Å²) in [5.74, 6) is -0.966. The maximum absolute atomic E-state index is 12.5. The van der Waals surface area contributed by atoms with Gasteiger partial charge in [0.15, 0.2) is 11.4 Å². The molecule has 0 saturated carbocycles. The molecule has 1 unspecified atom stereocenters. The summed E-state index contributed by atoms with van der Waals surface area (Å²) in [6.07, 6.45) is 0. The van der Waals surface area contributed by atoms with Gasteiger partial charge in [0.2, 0.25) is 0 Å². The molecule has 0 aromatic heterocycles. The Labute approximate surface area is 127 Å². The second-order valence-corrected chi connectivity index (χ2v) is 5.13. The Morgan fingerprint density at radius 1 is 1.05 bits per heavy atom. The summed E-state index contributed by atoms with van der Waals surface area (Å²) in [6, 6.07) is 15.0. The normalized spacial score (nSPS) is 13.2. The highest BCUT2D eigenvalue weighted by molar-refractivity contribution is 6.09. The lowest BCUT2D eigenvalue weighted by molar-refractivity contribution is -0.133. The molecule has 114 valence electrons. The number of carbonyl (C=O) groups is 2. The molecule has 4 nitrogen and oxygen atoms in total. The highest BCUT2D eigenvalue weighted by Crippen LogP contribution is 2.15. The van der Waals surface area contributed by atoms with Crippen molar-refractivity contribution in [1.82, 2.24) is 0 Å². The molecule has 0 fully saturated rings. The molecule has 0 aliphatic carbocycles. The van der Waals surface area contributed by atoms with Gasteiger partial charge in [0.25, 0.3) is 5.91 Å². The number of ketones is 1. The van der Waals surface area contributed by atoms with Gasteiger partial charge in [0.1, 0.15) is 6.67 Å². The van der Waals surface area contributed by atoms with Crippen LogP contribution in [-0.4, -0.2) is 29.1 Å². The third kappa shape index (κ3) is 3.56. The summed E-state index contributed by atoms with van der Waals surface area (Å²) < 4.78 is 12.5. The van der Waals surface area contributed by atoms with E-state index in [-0.39, 0.29) is 5.78 Å². The van der Waals surface area contributed by atoms with Crippen LogP contribution in [0.2, 0.25) is 0 Å². The molecular formula is C17H16FNO3. The number of amides is 1. The summed E-state index contributed by atoms with van der Waals surface area (Å²) in [4.78, 5) is 23.8. The van der Waals surface area contributed by atoms with Gasteiger partial charge < -0.3 is 10.4 Å². The van der Waals surface area contributed by atoms with E-state index < -0.39 is 18.2 Å². The molecule has 2 rings (SSSR count). The Morgan fingerprint density at radius 3 is 2.14 bits per heavy atom. The molecule has 0 saturated heterocycles. The fourth-order valence-corrected chi connectivity index (χ4v) is 1.79. The van der Waals surface area contributed by atoms with Gasteiger partial charge in [0, 0.05) is 16.8 Å². The molecule has 2 N–H and O–H groups in total. The quantitative estimate of drug-likeness (QED) is 0.834. The third-order valence-corrected chi connectivity index (χ3v) is 3.19. The summed E-state index contributed by atoms with van der Waals surface area (Å²) in [7, 11) is 0. The lowest BCUT2D eigenvalue weighted by atomic mass is 10.0. The summed E-state index contributed by atoms with van der Waals surface area (Å²) in [5, 5.41) is 11.9. The van der Waals surface area contributed by atoms with Crippen molar-refractivity contribution in [3.8, 4) is 0 Å². The average molecular weight is 301 g/mol. The number of alkyl halides is 1. The van der Waals surface area contributed by atoms with Gasteiger partial charge in [-0.2, -0.15) is 0 Å². The lowest BCUT2D eigenvalue weighted by Crippen LogP contribution is -2.41. The Bertz CT molecular complexity index is 666. The van der Waals surface area contributed by atoms with Crippen LogP contribution in [0.3, 0.4) is 0 Å². The minimum Gasteiger partial charge on any atom is -0.378 e. The first-order valence-electron chi connectivity index (χ1n) is 6.73. The molecule has 0 spiro atoms. The van der Waals surface area contributed by atoms with Crippen molar-refractivity contribution < 1.29 is 19.1 Å². The van der Waals surface area contributed by atoms with E-state index in [0.717, 1.165) is 6.92 Å². The molecule has 2 aromatic carbocycles. The number of benzene rings is 2. The number of nitrogens with one attached hydrogen (secondary N) is 1. The van der Waals surface area contributed by atoms with Crippen LogP contribution in [0.5, 0.6) is 0 Å². The molecule has 0 aliphatic rings. The van der Waals surface area contributed by atoms with Crippen LogP contribution >= 0.6 is 0 Å². The highest BCUT2D eigenvalue weighted by Gasteiger charge is 2.30. The van der Waals surface area contributed by atoms with Crippen LogP contribution in [0, 0.1) is 0 Å². The van der Waals surface area contributed by atoms with Gasteiger partial charge in [-0.15, -0.1) is 0 Å². The van der Waals surface area contributed by atoms with E-state index in [1.807, 2.05) is 6.07 Å². The fourth-order valence-electron chi connectivity index (χ4n) is 1.79. The molecule has 5 heteroatoms. The highest BCUT2D eigenvalue weighted by atomic mass is 19.1. The maximum Gasteiger partial charge on any atom is 0.258 e. The number of carbonyl (C=O) groups excluding carboxylic acids is 2. The van der Waals surface area contributed by atoms with E-state index in [1.54, 1.807) is 36.4 Å². The summed E-state index contributed by atoms with van der Waals surface area (Å²) in [5.41, 5.74) is -0.650. The zero-order valence-corrected chi connectivity index (χ0v) is 12.0. The second-order valence-electron chi connectivity index (χ2n) is 5.13. The molecule has 0 heterocycles. The maximum atomic E-state index is 12.5. The van der Waals surface area contributed by atoms with Gasteiger partial charge in [-0.25, -0.2) is 4.39 Å². The lowest BCUT2D eigenvalue weighted by Gasteiger charge is -2.18. The number of rotatable bonds is 5. The van der Waals surface area contributed by atoms with E-state index in [4.69, 9.17) is 0 Å². The van der Waals surface area contributed by atoms with E-state index in [9.17, 15) is 19.1 Å². The van der Waals surface area contributed by atoms with Crippen molar-refractivity contribution in [3.63, 3.8) is 0 Å². The van der Waals surface area contributed by atoms with Crippen LogP contribution in [0.15, 0.2) is 54.6 Å². The number of anilines is 1. The van der Waals surface area contributed by atoms with Crippen molar-refractivity contribution in [3.05, 3.63) is 65.7 Å². The van der Waals surface area contributed by atoms with Crippen molar-refractivity contribution in [2.45, 2.75) is 12.5 Å². The molecule has 0 bridgehead atoms. The fraction of sp³-hybridized carbons (Fsp3) is 0.176. The molecule has 0 radical (unpaired) electrons.